The van der Waals surface area contributed by atoms with Gasteiger partial charge in [0.05, 0.1) is 18.2 Å². The summed E-state index contributed by atoms with van der Waals surface area (Å²) in [7, 11) is 0. The minimum Gasteiger partial charge on any atom is -0.392 e. The lowest BCUT2D eigenvalue weighted by molar-refractivity contribution is -0.121. The van der Waals surface area contributed by atoms with Crippen LogP contribution in [0.3, 0.4) is 0 Å². The molecule has 0 radical (unpaired) electrons. The lowest BCUT2D eigenvalue weighted by atomic mass is 9.99. The van der Waals surface area contributed by atoms with Crippen LogP contribution < -0.4 is 5.32 Å². The zero-order valence-electron chi connectivity index (χ0n) is 17.8. The van der Waals surface area contributed by atoms with Gasteiger partial charge in [0.25, 0.3) is 0 Å². The molecule has 3 heterocycles. The third kappa shape index (κ3) is 4.15. The number of rotatable bonds is 5. The summed E-state index contributed by atoms with van der Waals surface area (Å²) in [6, 6.07) is 7.06. The maximum absolute atomic E-state index is 12.6. The molecule has 0 fully saturated rings. The Hall–Kier alpha value is -2.55. The highest BCUT2D eigenvalue weighted by molar-refractivity contribution is 7.15. The monoisotopic (exact) mass is 457 g/mol. The number of thiophene rings is 1. The van der Waals surface area contributed by atoms with Crippen molar-refractivity contribution in [2.75, 3.05) is 6.54 Å². The van der Waals surface area contributed by atoms with Crippen LogP contribution in [0, 0.1) is 20.8 Å². The van der Waals surface area contributed by atoms with Gasteiger partial charge in [0.2, 0.25) is 5.91 Å². The largest absolute Gasteiger partial charge is 0.392 e. The average Bonchev–Trinajstić information content (AvgIpc) is 3.19. The van der Waals surface area contributed by atoms with Crippen molar-refractivity contribution in [2.45, 2.75) is 46.3 Å². The van der Waals surface area contributed by atoms with Crippen LogP contribution in [0.4, 0.5) is 0 Å². The third-order valence-electron chi connectivity index (χ3n) is 5.33. The third-order valence-corrected chi connectivity index (χ3v) is 6.77. The average molecular weight is 458 g/mol. The van der Waals surface area contributed by atoms with E-state index in [1.165, 1.54) is 4.88 Å². The zero-order valence-corrected chi connectivity index (χ0v) is 19.4. The molecule has 162 valence electrons. The molecule has 31 heavy (non-hydrogen) atoms. The van der Waals surface area contributed by atoms with Gasteiger partial charge in [-0.3, -0.25) is 14.4 Å². The Morgan fingerprint density at radius 1 is 1.26 bits per heavy atom. The van der Waals surface area contributed by atoms with E-state index in [9.17, 15) is 9.90 Å². The summed E-state index contributed by atoms with van der Waals surface area (Å²) in [6.07, 6.45) is -0.510. The topological polar surface area (TPSA) is 92.4 Å². The molecule has 2 N–H and O–H groups in total. The van der Waals surface area contributed by atoms with Crippen molar-refractivity contribution >= 4 is 34.6 Å². The number of aryl methyl sites for hydroxylation is 2. The van der Waals surface area contributed by atoms with Crippen LogP contribution in [0.1, 0.15) is 52.6 Å². The molecule has 1 aliphatic rings. The number of hydrogen-bond donors (Lipinski definition) is 2. The number of aromatic nitrogens is 3. The number of aliphatic imine (C=N–C) groups is 1. The number of amides is 1. The molecule has 0 saturated heterocycles. The summed E-state index contributed by atoms with van der Waals surface area (Å²) in [4.78, 5) is 18.8. The van der Waals surface area contributed by atoms with Gasteiger partial charge in [0.15, 0.2) is 5.82 Å². The molecular formula is C22H24ClN5O2S. The van der Waals surface area contributed by atoms with Gasteiger partial charge in [0, 0.05) is 27.6 Å². The van der Waals surface area contributed by atoms with E-state index in [-0.39, 0.29) is 18.9 Å². The predicted molar refractivity (Wildman–Crippen MR) is 123 cm³/mol. The second-order valence-electron chi connectivity index (χ2n) is 7.76. The van der Waals surface area contributed by atoms with E-state index in [0.29, 0.717) is 10.8 Å². The zero-order chi connectivity index (χ0) is 22.3. The fourth-order valence-corrected chi connectivity index (χ4v) is 4.98. The molecule has 0 unspecified atom stereocenters. The first-order valence-electron chi connectivity index (χ1n) is 10.1. The molecule has 7 nitrogen and oxygen atoms in total. The van der Waals surface area contributed by atoms with E-state index in [1.807, 2.05) is 35.8 Å². The number of nitrogens with zero attached hydrogens (tertiary/aromatic N) is 4. The number of fused-ring (bicyclic) bond motifs is 3. The highest BCUT2D eigenvalue weighted by Crippen LogP contribution is 2.39. The van der Waals surface area contributed by atoms with E-state index >= 15 is 0 Å². The molecule has 0 saturated carbocycles. The van der Waals surface area contributed by atoms with Gasteiger partial charge in [-0.1, -0.05) is 23.7 Å². The lowest BCUT2D eigenvalue weighted by Crippen LogP contribution is -2.31. The number of halogens is 1. The predicted octanol–water partition coefficient (Wildman–Crippen LogP) is 3.69. The molecule has 0 bridgehead atoms. The second-order valence-corrected chi connectivity index (χ2v) is 9.40. The molecule has 1 aliphatic heterocycles. The summed E-state index contributed by atoms with van der Waals surface area (Å²) >= 11 is 7.79. The first kappa shape index (κ1) is 21.7. The molecule has 3 aromatic rings. The fraction of sp³-hybridized carbons (Fsp3) is 0.364. The van der Waals surface area contributed by atoms with Crippen LogP contribution in [0.25, 0.3) is 5.00 Å². The van der Waals surface area contributed by atoms with Crippen molar-refractivity contribution in [1.82, 2.24) is 20.1 Å². The quantitative estimate of drug-likeness (QED) is 0.611. The summed E-state index contributed by atoms with van der Waals surface area (Å²) in [6.45, 7) is 7.91. The molecule has 2 atom stereocenters. The van der Waals surface area contributed by atoms with E-state index < -0.39 is 12.1 Å². The van der Waals surface area contributed by atoms with E-state index in [2.05, 4.69) is 29.4 Å². The summed E-state index contributed by atoms with van der Waals surface area (Å²) in [5.74, 6) is 1.19. The van der Waals surface area contributed by atoms with Crippen molar-refractivity contribution in [3.8, 4) is 5.00 Å². The molecule has 0 spiro atoms. The number of nitrogens with one attached hydrogen (secondary N) is 1. The first-order chi connectivity index (χ1) is 14.8. The van der Waals surface area contributed by atoms with Crippen LogP contribution in [0.15, 0.2) is 29.3 Å². The molecule has 4 rings (SSSR count). The van der Waals surface area contributed by atoms with E-state index in [4.69, 9.17) is 16.6 Å². The van der Waals surface area contributed by atoms with Crippen molar-refractivity contribution < 1.29 is 9.90 Å². The molecule has 1 aromatic carbocycles. The Morgan fingerprint density at radius 2 is 1.97 bits per heavy atom. The van der Waals surface area contributed by atoms with Gasteiger partial charge in [-0.05, 0) is 45.4 Å². The number of aliphatic hydroxyl groups is 1. The molecule has 9 heteroatoms. The number of carbonyl (C=O) groups is 1. The lowest BCUT2D eigenvalue weighted by Gasteiger charge is -2.13. The van der Waals surface area contributed by atoms with E-state index in [0.717, 1.165) is 33.2 Å². The molecular weight excluding hydrogens is 434 g/mol. The van der Waals surface area contributed by atoms with Crippen molar-refractivity contribution in [3.05, 3.63) is 62.5 Å². The summed E-state index contributed by atoms with van der Waals surface area (Å²) < 4.78 is 2.01. The maximum atomic E-state index is 12.6. The Kier molecular flexibility index (Phi) is 5.96. The smallest absolute Gasteiger partial charge is 0.222 e. The van der Waals surface area contributed by atoms with Crippen molar-refractivity contribution in [2.24, 2.45) is 4.99 Å². The van der Waals surface area contributed by atoms with Gasteiger partial charge in [-0.15, -0.1) is 21.5 Å². The highest BCUT2D eigenvalue weighted by atomic mass is 35.5. The van der Waals surface area contributed by atoms with Gasteiger partial charge in [-0.25, -0.2) is 0 Å². The summed E-state index contributed by atoms with van der Waals surface area (Å²) in [5.41, 5.74) is 3.91. The van der Waals surface area contributed by atoms with E-state index in [1.54, 1.807) is 18.3 Å². The second kappa shape index (κ2) is 8.53. The Labute approximate surface area is 189 Å². The van der Waals surface area contributed by atoms with Gasteiger partial charge >= 0.3 is 0 Å². The number of aliphatic hydroxyl groups excluding tert-OH is 1. The highest BCUT2D eigenvalue weighted by Gasteiger charge is 2.32. The molecule has 1 amide bonds. The van der Waals surface area contributed by atoms with Gasteiger partial charge < -0.3 is 10.4 Å². The maximum Gasteiger partial charge on any atom is 0.222 e. The van der Waals surface area contributed by atoms with Gasteiger partial charge in [0.1, 0.15) is 16.9 Å². The standard InChI is InChI=1S/C22H24ClN5O2S/c1-11(29)10-24-18(30)9-17-21-27-26-14(4)28(21)22-19(12(2)13(3)31-22)20(25-17)15-5-7-16(23)8-6-15/h5-8,11,17,29H,9-10H2,1-4H3,(H,24,30)/t11-,17+/m1/s1. The molecule has 0 aliphatic carbocycles. The number of carbonyl (C=O) groups excluding carboxylic acids is 1. The Bertz CT molecular complexity index is 1160. The first-order valence-corrected chi connectivity index (χ1v) is 11.3. The number of hydrogen-bond acceptors (Lipinski definition) is 6. The SMILES string of the molecule is Cc1sc2c(c1C)C(c1ccc(Cl)cc1)=N[C@@H](CC(=O)NC[C@@H](C)O)c1nnc(C)n1-2. The number of benzene rings is 1. The Balaban J connectivity index is 1.87. The van der Waals surface area contributed by atoms with Crippen LogP contribution in [0.2, 0.25) is 5.02 Å². The Morgan fingerprint density at radius 3 is 2.65 bits per heavy atom. The van der Waals surface area contributed by atoms with Crippen LogP contribution in [-0.2, 0) is 4.79 Å². The van der Waals surface area contributed by atoms with Gasteiger partial charge in [-0.2, -0.15) is 0 Å². The summed E-state index contributed by atoms with van der Waals surface area (Å²) in [5, 5.41) is 22.6. The minimum atomic E-state index is -0.616. The fourth-order valence-electron chi connectivity index (χ4n) is 3.64. The van der Waals surface area contributed by atoms with Crippen LogP contribution >= 0.6 is 22.9 Å². The minimum absolute atomic E-state index is 0.106. The van der Waals surface area contributed by atoms with Crippen molar-refractivity contribution in [1.29, 1.82) is 0 Å². The molecule has 2 aromatic heterocycles. The normalized spacial score (nSPS) is 16.2. The van der Waals surface area contributed by atoms with Crippen LogP contribution in [0.5, 0.6) is 0 Å². The van der Waals surface area contributed by atoms with Crippen molar-refractivity contribution in [3.63, 3.8) is 0 Å². The van der Waals surface area contributed by atoms with Crippen LogP contribution in [-0.4, -0.2) is 44.1 Å².